The van der Waals surface area contributed by atoms with Gasteiger partial charge in [0.15, 0.2) is 11.5 Å². The zero-order valence-corrected chi connectivity index (χ0v) is 11.7. The summed E-state index contributed by atoms with van der Waals surface area (Å²) in [4.78, 5) is 19.1. The summed E-state index contributed by atoms with van der Waals surface area (Å²) in [6.45, 7) is 3.93. The highest BCUT2D eigenvalue weighted by molar-refractivity contribution is 6.42. The van der Waals surface area contributed by atoms with Crippen LogP contribution in [0.4, 0.5) is 0 Å². The molecule has 0 aliphatic heterocycles. The Kier molecular flexibility index (Phi) is 2.76. The van der Waals surface area contributed by atoms with Crippen LogP contribution < -0.4 is 5.69 Å². The van der Waals surface area contributed by atoms with Crippen LogP contribution in [0.1, 0.15) is 25.6 Å². The topological polar surface area (TPSA) is 63.0 Å². The lowest BCUT2D eigenvalue weighted by Crippen LogP contribution is -2.17. The fourth-order valence-corrected chi connectivity index (χ4v) is 2.22. The lowest BCUT2D eigenvalue weighted by atomic mass is 10.2. The lowest BCUT2D eigenvalue weighted by molar-refractivity contribution is 0.753. The third kappa shape index (κ3) is 1.89. The monoisotopic (exact) mass is 296 g/mol. The molecule has 5 nitrogen and oxygen atoms in total. The summed E-state index contributed by atoms with van der Waals surface area (Å²) in [5, 5.41) is 5.72. The Morgan fingerprint density at radius 2 is 1.95 bits per heavy atom. The number of benzene rings is 1. The molecule has 0 unspecified atom stereocenters. The minimum Gasteiger partial charge on any atom is -0.305 e. The molecule has 0 aliphatic carbocycles. The SMILES string of the molecule is CC(C)c1nc2c3cc(Cl)c(Cl)cc3[nH]c(=O)n2n1. The van der Waals surface area contributed by atoms with E-state index >= 15 is 0 Å². The minimum atomic E-state index is -0.347. The summed E-state index contributed by atoms with van der Waals surface area (Å²) in [5.74, 6) is 0.751. The molecule has 3 rings (SSSR count). The average Bonchev–Trinajstić information content (AvgIpc) is 2.78. The van der Waals surface area contributed by atoms with Gasteiger partial charge >= 0.3 is 5.69 Å². The first kappa shape index (κ1) is 12.4. The van der Waals surface area contributed by atoms with Gasteiger partial charge in [0, 0.05) is 11.3 Å². The fraction of sp³-hybridized carbons (Fsp3) is 0.250. The maximum atomic E-state index is 12.0. The smallest absolute Gasteiger partial charge is 0.305 e. The highest BCUT2D eigenvalue weighted by Gasteiger charge is 2.14. The highest BCUT2D eigenvalue weighted by atomic mass is 35.5. The van der Waals surface area contributed by atoms with Crippen molar-refractivity contribution >= 4 is 39.8 Å². The number of halogens is 2. The quantitative estimate of drug-likeness (QED) is 0.751. The standard InChI is InChI=1S/C12H10Cl2N4O/c1-5(2)10-16-11-6-3-7(13)8(14)4-9(6)15-12(19)18(11)17-10/h3-5H,1-2H3,(H,15,19). The lowest BCUT2D eigenvalue weighted by Gasteiger charge is -2.01. The first-order chi connectivity index (χ1) is 8.97. The number of nitrogens with zero attached hydrogens (tertiary/aromatic N) is 3. The van der Waals surface area contributed by atoms with E-state index in [-0.39, 0.29) is 11.6 Å². The van der Waals surface area contributed by atoms with E-state index in [9.17, 15) is 4.79 Å². The molecule has 2 heterocycles. The second-order valence-corrected chi connectivity index (χ2v) is 5.42. The molecule has 0 saturated carbocycles. The number of hydrogen-bond acceptors (Lipinski definition) is 3. The number of rotatable bonds is 1. The molecule has 0 fully saturated rings. The van der Waals surface area contributed by atoms with E-state index in [0.29, 0.717) is 32.4 Å². The van der Waals surface area contributed by atoms with E-state index in [1.54, 1.807) is 12.1 Å². The Hall–Kier alpha value is -1.59. The van der Waals surface area contributed by atoms with Crippen LogP contribution in [0.5, 0.6) is 0 Å². The van der Waals surface area contributed by atoms with Crippen molar-refractivity contribution in [3.05, 3.63) is 38.5 Å². The highest BCUT2D eigenvalue weighted by Crippen LogP contribution is 2.28. The second kappa shape index (κ2) is 4.21. The van der Waals surface area contributed by atoms with Gasteiger partial charge in [-0.3, -0.25) is 0 Å². The summed E-state index contributed by atoms with van der Waals surface area (Å²) in [6, 6.07) is 3.30. The molecule has 1 N–H and O–H groups in total. The van der Waals surface area contributed by atoms with Gasteiger partial charge in [0.25, 0.3) is 0 Å². The molecule has 0 radical (unpaired) electrons. The van der Waals surface area contributed by atoms with Crippen molar-refractivity contribution in [3.8, 4) is 0 Å². The molecule has 7 heteroatoms. The summed E-state index contributed by atoms with van der Waals surface area (Å²) in [5.41, 5.74) is 0.732. The second-order valence-electron chi connectivity index (χ2n) is 4.60. The Balaban J connectivity index is 2.50. The van der Waals surface area contributed by atoms with Crippen molar-refractivity contribution < 1.29 is 0 Å². The van der Waals surface area contributed by atoms with Crippen molar-refractivity contribution in [3.63, 3.8) is 0 Å². The van der Waals surface area contributed by atoms with Gasteiger partial charge in [-0.25, -0.2) is 9.78 Å². The van der Waals surface area contributed by atoms with Crippen LogP contribution in [0.25, 0.3) is 16.6 Å². The molecule has 1 aromatic carbocycles. The zero-order chi connectivity index (χ0) is 13.7. The van der Waals surface area contributed by atoms with Crippen LogP contribution >= 0.6 is 23.2 Å². The summed E-state index contributed by atoms with van der Waals surface area (Å²) >= 11 is 12.0. The largest absolute Gasteiger partial charge is 0.348 e. The van der Waals surface area contributed by atoms with Crippen molar-refractivity contribution in [1.29, 1.82) is 0 Å². The molecule has 3 aromatic rings. The van der Waals surface area contributed by atoms with Crippen LogP contribution in [0.3, 0.4) is 0 Å². The third-order valence-electron chi connectivity index (χ3n) is 2.88. The third-order valence-corrected chi connectivity index (χ3v) is 3.60. The van der Waals surface area contributed by atoms with E-state index in [1.807, 2.05) is 13.8 Å². The number of aromatic amines is 1. The van der Waals surface area contributed by atoms with Crippen LogP contribution in [0.2, 0.25) is 10.0 Å². The Morgan fingerprint density at radius 1 is 1.26 bits per heavy atom. The van der Waals surface area contributed by atoms with Gasteiger partial charge in [0.05, 0.1) is 15.6 Å². The van der Waals surface area contributed by atoms with Gasteiger partial charge in [0.2, 0.25) is 0 Å². The normalized spacial score (nSPS) is 11.8. The summed E-state index contributed by atoms with van der Waals surface area (Å²) in [6.07, 6.45) is 0. The number of hydrogen-bond donors (Lipinski definition) is 1. The number of nitrogens with one attached hydrogen (secondary N) is 1. The van der Waals surface area contributed by atoms with Gasteiger partial charge in [-0.05, 0) is 12.1 Å². The van der Waals surface area contributed by atoms with Crippen molar-refractivity contribution in [2.45, 2.75) is 19.8 Å². The molecule has 0 atom stereocenters. The van der Waals surface area contributed by atoms with Crippen LogP contribution in [-0.2, 0) is 0 Å². The minimum absolute atomic E-state index is 0.136. The number of fused-ring (bicyclic) bond motifs is 3. The van der Waals surface area contributed by atoms with Gasteiger partial charge < -0.3 is 4.98 Å². The predicted molar refractivity (Wildman–Crippen MR) is 75.2 cm³/mol. The van der Waals surface area contributed by atoms with E-state index in [0.717, 1.165) is 0 Å². The van der Waals surface area contributed by atoms with Crippen molar-refractivity contribution in [2.75, 3.05) is 0 Å². The zero-order valence-electron chi connectivity index (χ0n) is 10.2. The Morgan fingerprint density at radius 3 is 2.63 bits per heavy atom. The molecule has 0 spiro atoms. The maximum absolute atomic E-state index is 12.0. The van der Waals surface area contributed by atoms with Crippen molar-refractivity contribution in [1.82, 2.24) is 19.6 Å². The van der Waals surface area contributed by atoms with E-state index < -0.39 is 0 Å². The van der Waals surface area contributed by atoms with Crippen molar-refractivity contribution in [2.24, 2.45) is 0 Å². The van der Waals surface area contributed by atoms with E-state index in [4.69, 9.17) is 23.2 Å². The molecule has 0 aliphatic rings. The van der Waals surface area contributed by atoms with E-state index in [1.165, 1.54) is 4.52 Å². The Labute approximate surface area is 118 Å². The molecule has 98 valence electrons. The first-order valence-corrected chi connectivity index (χ1v) is 6.50. The molecule has 2 aromatic heterocycles. The van der Waals surface area contributed by atoms with Gasteiger partial charge in [-0.15, -0.1) is 5.10 Å². The molecule has 19 heavy (non-hydrogen) atoms. The molecule has 0 saturated heterocycles. The Bertz CT molecular complexity index is 850. The van der Waals surface area contributed by atoms with Crippen LogP contribution in [0, 0.1) is 0 Å². The first-order valence-electron chi connectivity index (χ1n) is 5.75. The average molecular weight is 297 g/mol. The number of aromatic nitrogens is 4. The van der Waals surface area contributed by atoms with Crippen LogP contribution in [0.15, 0.2) is 16.9 Å². The summed E-state index contributed by atoms with van der Waals surface area (Å²) in [7, 11) is 0. The predicted octanol–water partition coefficient (Wildman–Crippen LogP) is 3.00. The van der Waals surface area contributed by atoms with Gasteiger partial charge in [-0.2, -0.15) is 4.52 Å². The fourth-order valence-electron chi connectivity index (χ4n) is 1.89. The number of H-pyrrole nitrogens is 1. The van der Waals surface area contributed by atoms with Crippen LogP contribution in [-0.4, -0.2) is 19.6 Å². The molecule has 0 bridgehead atoms. The van der Waals surface area contributed by atoms with Gasteiger partial charge in [0.1, 0.15) is 0 Å². The maximum Gasteiger partial charge on any atom is 0.348 e. The van der Waals surface area contributed by atoms with Gasteiger partial charge in [-0.1, -0.05) is 37.0 Å². The molecular weight excluding hydrogens is 287 g/mol. The molecular formula is C12H10Cl2N4O. The molecule has 0 amide bonds. The van der Waals surface area contributed by atoms with E-state index in [2.05, 4.69) is 15.1 Å². The summed E-state index contributed by atoms with van der Waals surface area (Å²) < 4.78 is 1.25.